The highest BCUT2D eigenvalue weighted by molar-refractivity contribution is 5.93. The minimum Gasteiger partial charge on any atom is -0.477 e. The zero-order valence-electron chi connectivity index (χ0n) is 12.9. The summed E-state index contributed by atoms with van der Waals surface area (Å²) in [5.41, 5.74) is 1.28. The van der Waals surface area contributed by atoms with Crippen LogP contribution in [0.25, 0.3) is 0 Å². The molecule has 1 aliphatic rings. The molecule has 5 nitrogen and oxygen atoms in total. The van der Waals surface area contributed by atoms with Crippen molar-refractivity contribution in [2.75, 3.05) is 5.32 Å². The Bertz CT molecular complexity index is 674. The van der Waals surface area contributed by atoms with Crippen molar-refractivity contribution in [3.63, 3.8) is 0 Å². The number of aromatic carboxylic acids is 1. The third kappa shape index (κ3) is 2.17. The number of aromatic nitrogens is 2. The molecule has 2 aromatic rings. The largest absolute Gasteiger partial charge is 0.477 e. The molecule has 116 valence electrons. The quantitative estimate of drug-likeness (QED) is 0.904. The molecule has 0 fully saturated rings. The molecular weight excluding hydrogens is 278 g/mol. The predicted octanol–water partition coefficient (Wildman–Crippen LogP) is 3.65. The number of hydrogen-bond acceptors (Lipinski definition) is 3. The highest BCUT2D eigenvalue weighted by Crippen LogP contribution is 2.43. The van der Waals surface area contributed by atoms with E-state index in [0.29, 0.717) is 5.82 Å². The molecule has 0 bridgehead atoms. The third-order valence-electron chi connectivity index (χ3n) is 4.86. The van der Waals surface area contributed by atoms with Gasteiger partial charge >= 0.3 is 5.97 Å². The van der Waals surface area contributed by atoms with E-state index in [9.17, 15) is 9.90 Å². The molecule has 1 aromatic carbocycles. The first-order valence-electron chi connectivity index (χ1n) is 7.74. The number of rotatable bonds is 4. The van der Waals surface area contributed by atoms with Gasteiger partial charge in [-0.2, -0.15) is 5.10 Å². The van der Waals surface area contributed by atoms with E-state index < -0.39 is 5.97 Å². The van der Waals surface area contributed by atoms with Crippen molar-refractivity contribution in [2.45, 2.75) is 44.7 Å². The van der Waals surface area contributed by atoms with Gasteiger partial charge in [-0.05, 0) is 24.8 Å². The van der Waals surface area contributed by atoms with E-state index in [1.807, 2.05) is 22.9 Å². The summed E-state index contributed by atoms with van der Waals surface area (Å²) in [6.45, 7) is 4.28. The first-order valence-corrected chi connectivity index (χ1v) is 7.74. The first kappa shape index (κ1) is 14.6. The van der Waals surface area contributed by atoms with Crippen molar-refractivity contribution >= 4 is 11.8 Å². The second-order valence-electron chi connectivity index (χ2n) is 5.87. The van der Waals surface area contributed by atoms with Crippen LogP contribution in [0.5, 0.6) is 0 Å². The molecule has 0 aliphatic carbocycles. The normalized spacial score (nSPS) is 19.3. The Labute approximate surface area is 130 Å². The fourth-order valence-corrected chi connectivity index (χ4v) is 3.41. The number of hydrogen-bond donors (Lipinski definition) is 2. The van der Waals surface area contributed by atoms with E-state index in [1.54, 1.807) is 0 Å². The van der Waals surface area contributed by atoms with Crippen LogP contribution in [0.3, 0.4) is 0 Å². The fourth-order valence-electron chi connectivity index (χ4n) is 3.41. The Balaban J connectivity index is 2.10. The molecule has 0 saturated heterocycles. The summed E-state index contributed by atoms with van der Waals surface area (Å²) in [6, 6.07) is 10.3. The molecule has 1 unspecified atom stereocenters. The van der Waals surface area contributed by atoms with Gasteiger partial charge in [0.2, 0.25) is 0 Å². The van der Waals surface area contributed by atoms with Crippen LogP contribution < -0.4 is 5.32 Å². The van der Waals surface area contributed by atoms with Crippen LogP contribution in [-0.4, -0.2) is 20.9 Å². The van der Waals surface area contributed by atoms with Crippen LogP contribution >= 0.6 is 0 Å². The lowest BCUT2D eigenvalue weighted by atomic mass is 9.82. The molecule has 22 heavy (non-hydrogen) atoms. The molecule has 5 heteroatoms. The van der Waals surface area contributed by atoms with Crippen LogP contribution in [0.1, 0.15) is 55.1 Å². The topological polar surface area (TPSA) is 67.2 Å². The van der Waals surface area contributed by atoms with Gasteiger partial charge in [-0.3, -0.25) is 0 Å². The van der Waals surface area contributed by atoms with E-state index >= 15 is 0 Å². The molecule has 1 aromatic heterocycles. The Kier molecular flexibility index (Phi) is 3.64. The number of nitrogens with one attached hydrogen (secondary N) is 1. The van der Waals surface area contributed by atoms with E-state index in [0.717, 1.165) is 19.3 Å². The molecule has 0 saturated carbocycles. The fraction of sp³-hybridized carbons (Fsp3) is 0.412. The lowest BCUT2D eigenvalue weighted by Gasteiger charge is -2.42. The van der Waals surface area contributed by atoms with Crippen molar-refractivity contribution in [1.29, 1.82) is 0 Å². The maximum atomic E-state index is 11.5. The van der Waals surface area contributed by atoms with Crippen molar-refractivity contribution in [3.8, 4) is 0 Å². The van der Waals surface area contributed by atoms with Crippen LogP contribution in [0.15, 0.2) is 36.5 Å². The Hall–Kier alpha value is -2.30. The number of anilines is 1. The molecule has 0 spiro atoms. The standard InChI is InChI=1S/C17H21N3O2/c1-3-17(4-2)10-14(12-8-6-5-7-9-12)19-15-13(16(21)22)11-18-20(15)17/h5-9,11,14,19H,3-4,10H2,1-2H3,(H,21,22). The summed E-state index contributed by atoms with van der Waals surface area (Å²) in [4.78, 5) is 11.5. The number of benzene rings is 1. The van der Waals surface area contributed by atoms with Crippen LogP contribution in [-0.2, 0) is 5.54 Å². The van der Waals surface area contributed by atoms with Gasteiger partial charge < -0.3 is 10.4 Å². The SMILES string of the molecule is CCC1(CC)CC(c2ccccc2)Nc2c(C(=O)O)cnn21. The summed E-state index contributed by atoms with van der Waals surface area (Å²) < 4.78 is 1.88. The number of carbonyl (C=O) groups is 1. The van der Waals surface area contributed by atoms with Crippen molar-refractivity contribution in [2.24, 2.45) is 0 Å². The lowest BCUT2D eigenvalue weighted by molar-refractivity contribution is 0.0697. The van der Waals surface area contributed by atoms with Gasteiger partial charge in [-0.1, -0.05) is 44.2 Å². The van der Waals surface area contributed by atoms with E-state index in [4.69, 9.17) is 0 Å². The maximum absolute atomic E-state index is 11.5. The van der Waals surface area contributed by atoms with Gasteiger partial charge in [0.05, 0.1) is 17.8 Å². The third-order valence-corrected chi connectivity index (χ3v) is 4.86. The van der Waals surface area contributed by atoms with E-state index in [-0.39, 0.29) is 17.1 Å². The summed E-state index contributed by atoms with van der Waals surface area (Å²) >= 11 is 0. The zero-order valence-corrected chi connectivity index (χ0v) is 12.9. The summed E-state index contributed by atoms with van der Waals surface area (Å²) in [5, 5.41) is 17.2. The smallest absolute Gasteiger partial charge is 0.341 e. The van der Waals surface area contributed by atoms with E-state index in [2.05, 4.69) is 36.4 Å². The van der Waals surface area contributed by atoms with Crippen LogP contribution in [0, 0.1) is 0 Å². The summed E-state index contributed by atoms with van der Waals surface area (Å²) in [7, 11) is 0. The van der Waals surface area contributed by atoms with E-state index in [1.165, 1.54) is 11.8 Å². The van der Waals surface area contributed by atoms with Crippen LogP contribution in [0.4, 0.5) is 5.82 Å². The molecule has 0 radical (unpaired) electrons. The molecule has 1 atom stereocenters. The minimum absolute atomic E-state index is 0.100. The Morgan fingerprint density at radius 1 is 1.36 bits per heavy atom. The summed E-state index contributed by atoms with van der Waals surface area (Å²) in [6.07, 6.45) is 4.19. The van der Waals surface area contributed by atoms with Crippen molar-refractivity contribution in [3.05, 3.63) is 47.7 Å². The molecule has 2 heterocycles. The van der Waals surface area contributed by atoms with Gasteiger partial charge in [0.1, 0.15) is 11.4 Å². The second-order valence-corrected chi connectivity index (χ2v) is 5.87. The Morgan fingerprint density at radius 2 is 2.05 bits per heavy atom. The highest BCUT2D eigenvalue weighted by Gasteiger charge is 2.40. The average Bonchev–Trinajstić information content (AvgIpc) is 2.99. The van der Waals surface area contributed by atoms with Gasteiger partial charge in [0, 0.05) is 0 Å². The Morgan fingerprint density at radius 3 is 2.64 bits per heavy atom. The average molecular weight is 299 g/mol. The van der Waals surface area contributed by atoms with Gasteiger partial charge in [-0.15, -0.1) is 0 Å². The zero-order chi connectivity index (χ0) is 15.7. The highest BCUT2D eigenvalue weighted by atomic mass is 16.4. The first-order chi connectivity index (χ1) is 10.6. The van der Waals surface area contributed by atoms with Gasteiger partial charge in [-0.25, -0.2) is 9.48 Å². The summed E-state index contributed by atoms with van der Waals surface area (Å²) in [5.74, 6) is -0.320. The van der Waals surface area contributed by atoms with Gasteiger partial charge in [0.25, 0.3) is 0 Å². The predicted molar refractivity (Wildman–Crippen MR) is 85.2 cm³/mol. The van der Waals surface area contributed by atoms with Crippen molar-refractivity contribution < 1.29 is 9.90 Å². The number of fused-ring (bicyclic) bond motifs is 1. The number of nitrogens with zero attached hydrogens (tertiary/aromatic N) is 2. The minimum atomic E-state index is -0.941. The van der Waals surface area contributed by atoms with Gasteiger partial charge in [0.15, 0.2) is 0 Å². The molecular formula is C17H21N3O2. The molecule has 2 N–H and O–H groups in total. The number of carboxylic acids is 1. The van der Waals surface area contributed by atoms with Crippen molar-refractivity contribution in [1.82, 2.24) is 9.78 Å². The molecule has 1 aliphatic heterocycles. The second kappa shape index (κ2) is 5.48. The maximum Gasteiger partial charge on any atom is 0.341 e. The lowest BCUT2D eigenvalue weighted by Crippen LogP contribution is -2.42. The van der Waals surface area contributed by atoms with Crippen LogP contribution in [0.2, 0.25) is 0 Å². The monoisotopic (exact) mass is 299 g/mol. The molecule has 3 rings (SSSR count). The molecule has 0 amide bonds. The number of carboxylic acid groups (broad SMARTS) is 1.